The van der Waals surface area contributed by atoms with Crippen molar-refractivity contribution < 1.29 is 13.2 Å². The van der Waals surface area contributed by atoms with Crippen LogP contribution in [-0.4, -0.2) is 24.5 Å². The minimum atomic E-state index is -0.853. The maximum absolute atomic E-state index is 14.0. The standard InChI is InChI=1S/C17H10F3N5O/c18-11-3-1-10(2-4-11)8-24-9-21-16-15(17(24)26)22-23-25(16)14-6-5-12(19)7-13(14)20/h1-7,9H,8H2. The fourth-order valence-corrected chi connectivity index (χ4v) is 2.56. The van der Waals surface area contributed by atoms with Gasteiger partial charge in [-0.1, -0.05) is 17.3 Å². The molecule has 0 aliphatic rings. The number of aromatic nitrogens is 5. The molecule has 130 valence electrons. The molecule has 0 spiro atoms. The van der Waals surface area contributed by atoms with E-state index in [1.807, 2.05) is 0 Å². The Bertz CT molecular complexity index is 1170. The summed E-state index contributed by atoms with van der Waals surface area (Å²) in [4.78, 5) is 16.7. The Morgan fingerprint density at radius 2 is 1.69 bits per heavy atom. The second-order valence-corrected chi connectivity index (χ2v) is 5.57. The predicted molar refractivity (Wildman–Crippen MR) is 86.3 cm³/mol. The Morgan fingerprint density at radius 1 is 0.962 bits per heavy atom. The van der Waals surface area contributed by atoms with Crippen LogP contribution in [0.2, 0.25) is 0 Å². The number of hydrogen-bond donors (Lipinski definition) is 0. The average Bonchev–Trinajstić information content (AvgIpc) is 3.04. The van der Waals surface area contributed by atoms with Gasteiger partial charge in [0.15, 0.2) is 17.0 Å². The SMILES string of the molecule is O=c1c2nnn(-c3ccc(F)cc3F)c2ncn1Cc1ccc(F)cc1. The summed E-state index contributed by atoms with van der Waals surface area (Å²) in [5.74, 6) is -1.96. The van der Waals surface area contributed by atoms with E-state index in [-0.39, 0.29) is 29.2 Å². The van der Waals surface area contributed by atoms with E-state index in [4.69, 9.17) is 0 Å². The Labute approximate surface area is 144 Å². The molecule has 0 amide bonds. The summed E-state index contributed by atoms with van der Waals surface area (Å²) in [6, 6.07) is 8.65. The fourth-order valence-electron chi connectivity index (χ4n) is 2.56. The maximum Gasteiger partial charge on any atom is 0.283 e. The number of halogens is 3. The average molecular weight is 357 g/mol. The largest absolute Gasteiger partial charge is 0.293 e. The molecule has 0 atom stereocenters. The van der Waals surface area contributed by atoms with E-state index in [0.717, 1.165) is 10.7 Å². The monoisotopic (exact) mass is 357 g/mol. The first kappa shape index (κ1) is 16.0. The van der Waals surface area contributed by atoms with Crippen LogP contribution in [0.3, 0.4) is 0 Å². The number of benzene rings is 2. The van der Waals surface area contributed by atoms with Gasteiger partial charge in [0, 0.05) is 6.07 Å². The molecule has 0 radical (unpaired) electrons. The Morgan fingerprint density at radius 3 is 2.42 bits per heavy atom. The predicted octanol–water partition coefficient (Wildman–Crippen LogP) is 2.44. The minimum Gasteiger partial charge on any atom is -0.293 e. The Balaban J connectivity index is 1.78. The summed E-state index contributed by atoms with van der Waals surface area (Å²) in [6.07, 6.45) is 1.27. The van der Waals surface area contributed by atoms with Crippen molar-refractivity contribution in [3.8, 4) is 5.69 Å². The highest BCUT2D eigenvalue weighted by atomic mass is 19.1. The molecule has 0 aliphatic carbocycles. The number of fused-ring (bicyclic) bond motifs is 1. The molecular weight excluding hydrogens is 347 g/mol. The van der Waals surface area contributed by atoms with Gasteiger partial charge in [-0.3, -0.25) is 9.36 Å². The van der Waals surface area contributed by atoms with Crippen LogP contribution in [0.4, 0.5) is 13.2 Å². The molecule has 0 fully saturated rings. The minimum absolute atomic E-state index is 0.0517. The second-order valence-electron chi connectivity index (χ2n) is 5.57. The van der Waals surface area contributed by atoms with Gasteiger partial charge in [-0.15, -0.1) is 5.10 Å². The van der Waals surface area contributed by atoms with Crippen molar-refractivity contribution in [2.24, 2.45) is 0 Å². The fraction of sp³-hybridized carbons (Fsp3) is 0.0588. The van der Waals surface area contributed by atoms with Crippen molar-refractivity contribution >= 4 is 11.2 Å². The molecule has 9 heteroatoms. The second kappa shape index (κ2) is 6.10. The smallest absolute Gasteiger partial charge is 0.283 e. The van der Waals surface area contributed by atoms with Gasteiger partial charge in [-0.05, 0) is 29.8 Å². The maximum atomic E-state index is 14.0. The van der Waals surface area contributed by atoms with Crippen LogP contribution in [0.1, 0.15) is 5.56 Å². The number of nitrogens with zero attached hydrogens (tertiary/aromatic N) is 5. The molecule has 0 bridgehead atoms. The molecule has 0 aliphatic heterocycles. The van der Waals surface area contributed by atoms with E-state index in [0.29, 0.717) is 11.6 Å². The molecule has 2 heterocycles. The lowest BCUT2D eigenvalue weighted by Gasteiger charge is -2.06. The van der Waals surface area contributed by atoms with Gasteiger partial charge in [-0.2, -0.15) is 4.68 Å². The highest BCUT2D eigenvalue weighted by Crippen LogP contribution is 2.17. The van der Waals surface area contributed by atoms with Gasteiger partial charge in [0.25, 0.3) is 5.56 Å². The van der Waals surface area contributed by atoms with Crippen LogP contribution >= 0.6 is 0 Å². The molecule has 4 rings (SSSR count). The van der Waals surface area contributed by atoms with Crippen LogP contribution in [0.25, 0.3) is 16.9 Å². The zero-order valence-electron chi connectivity index (χ0n) is 13.1. The van der Waals surface area contributed by atoms with Crippen LogP contribution < -0.4 is 5.56 Å². The summed E-state index contributed by atoms with van der Waals surface area (Å²) in [5, 5.41) is 7.53. The van der Waals surface area contributed by atoms with Crippen LogP contribution in [-0.2, 0) is 6.54 Å². The van der Waals surface area contributed by atoms with Crippen LogP contribution in [0.5, 0.6) is 0 Å². The van der Waals surface area contributed by atoms with Crippen LogP contribution in [0.15, 0.2) is 53.6 Å². The highest BCUT2D eigenvalue weighted by molar-refractivity contribution is 5.70. The topological polar surface area (TPSA) is 65.6 Å². The lowest BCUT2D eigenvalue weighted by molar-refractivity contribution is 0.573. The van der Waals surface area contributed by atoms with Crippen molar-refractivity contribution in [3.05, 3.63) is 82.2 Å². The summed E-state index contributed by atoms with van der Waals surface area (Å²) in [6.45, 7) is 0.166. The van der Waals surface area contributed by atoms with Gasteiger partial charge < -0.3 is 0 Å². The van der Waals surface area contributed by atoms with Crippen molar-refractivity contribution in [1.29, 1.82) is 0 Å². The zero-order chi connectivity index (χ0) is 18.3. The molecule has 26 heavy (non-hydrogen) atoms. The van der Waals surface area contributed by atoms with E-state index in [9.17, 15) is 18.0 Å². The molecule has 2 aromatic carbocycles. The lowest BCUT2D eigenvalue weighted by atomic mass is 10.2. The van der Waals surface area contributed by atoms with Crippen LogP contribution in [0, 0.1) is 17.5 Å². The van der Waals surface area contributed by atoms with E-state index in [1.165, 1.54) is 29.1 Å². The van der Waals surface area contributed by atoms with E-state index in [2.05, 4.69) is 15.3 Å². The quantitative estimate of drug-likeness (QED) is 0.565. The normalized spacial score (nSPS) is 11.2. The van der Waals surface area contributed by atoms with Gasteiger partial charge in [0.1, 0.15) is 23.6 Å². The molecule has 6 nitrogen and oxygen atoms in total. The molecule has 0 N–H and O–H groups in total. The first-order chi connectivity index (χ1) is 12.5. The summed E-state index contributed by atoms with van der Waals surface area (Å²) < 4.78 is 42.3. The third kappa shape index (κ3) is 2.73. The summed E-state index contributed by atoms with van der Waals surface area (Å²) >= 11 is 0. The van der Waals surface area contributed by atoms with Crippen molar-refractivity contribution in [2.45, 2.75) is 6.54 Å². The summed E-state index contributed by atoms with van der Waals surface area (Å²) in [5.41, 5.74) is 0.144. The lowest BCUT2D eigenvalue weighted by Crippen LogP contribution is -2.21. The van der Waals surface area contributed by atoms with E-state index >= 15 is 0 Å². The molecule has 0 saturated heterocycles. The Kier molecular flexibility index (Phi) is 3.76. The first-order valence-corrected chi connectivity index (χ1v) is 7.53. The molecule has 2 aromatic heterocycles. The third-order valence-corrected chi connectivity index (χ3v) is 3.83. The number of hydrogen-bond acceptors (Lipinski definition) is 4. The van der Waals surface area contributed by atoms with Crippen molar-refractivity contribution in [1.82, 2.24) is 24.5 Å². The number of rotatable bonds is 3. The van der Waals surface area contributed by atoms with Crippen molar-refractivity contribution in [2.75, 3.05) is 0 Å². The first-order valence-electron chi connectivity index (χ1n) is 7.53. The molecular formula is C17H10F3N5O. The third-order valence-electron chi connectivity index (χ3n) is 3.83. The molecule has 4 aromatic rings. The van der Waals surface area contributed by atoms with Gasteiger partial charge in [0.2, 0.25) is 0 Å². The van der Waals surface area contributed by atoms with Gasteiger partial charge in [0.05, 0.1) is 6.54 Å². The highest BCUT2D eigenvalue weighted by Gasteiger charge is 2.16. The summed E-state index contributed by atoms with van der Waals surface area (Å²) in [7, 11) is 0. The van der Waals surface area contributed by atoms with Gasteiger partial charge >= 0.3 is 0 Å². The van der Waals surface area contributed by atoms with E-state index in [1.54, 1.807) is 12.1 Å². The zero-order valence-corrected chi connectivity index (χ0v) is 13.1. The van der Waals surface area contributed by atoms with Crippen molar-refractivity contribution in [3.63, 3.8) is 0 Å². The van der Waals surface area contributed by atoms with E-state index < -0.39 is 17.2 Å². The van der Waals surface area contributed by atoms with Gasteiger partial charge in [-0.25, -0.2) is 18.2 Å². The molecule has 0 saturated carbocycles. The Hall–Kier alpha value is -3.49. The molecule has 0 unspecified atom stereocenters.